The molecule has 128 valence electrons. The number of nitrogens with zero attached hydrogens (tertiary/aromatic N) is 4. The Kier molecular flexibility index (Phi) is 4.80. The zero-order valence-electron chi connectivity index (χ0n) is 14.1. The molecule has 7 heteroatoms. The summed E-state index contributed by atoms with van der Waals surface area (Å²) in [4.78, 5) is 18.0. The molecule has 1 aromatic heterocycles. The number of nitrogens with two attached hydrogens (primary N) is 1. The molecule has 24 heavy (non-hydrogen) atoms. The van der Waals surface area contributed by atoms with Gasteiger partial charge in [0.1, 0.15) is 5.82 Å². The monoisotopic (exact) mass is 329 g/mol. The second kappa shape index (κ2) is 7.00. The molecule has 2 heterocycles. The van der Waals surface area contributed by atoms with Gasteiger partial charge in [-0.05, 0) is 37.5 Å². The molecule has 1 aromatic carbocycles. The van der Waals surface area contributed by atoms with Crippen molar-refractivity contribution in [2.45, 2.75) is 32.4 Å². The highest BCUT2D eigenvalue weighted by Crippen LogP contribution is 2.24. The van der Waals surface area contributed by atoms with Crippen molar-refractivity contribution in [3.05, 3.63) is 41.2 Å². The molecule has 2 N–H and O–H groups in total. The number of piperidine rings is 1. The minimum absolute atomic E-state index is 0.303. The van der Waals surface area contributed by atoms with Crippen molar-refractivity contribution in [2.75, 3.05) is 25.9 Å². The highest BCUT2D eigenvalue weighted by Gasteiger charge is 2.23. The Bertz CT molecular complexity index is 702. The smallest absolute Gasteiger partial charge is 0.337 e. The average Bonchev–Trinajstić information content (AvgIpc) is 2.94. The summed E-state index contributed by atoms with van der Waals surface area (Å²) in [7, 11) is 1.39. The van der Waals surface area contributed by atoms with Crippen LogP contribution in [0, 0.1) is 6.92 Å². The van der Waals surface area contributed by atoms with Crippen molar-refractivity contribution in [3.8, 4) is 0 Å². The Balaban J connectivity index is 1.55. The fraction of sp³-hybridized carbons (Fsp3) is 0.471. The molecular weight excluding hydrogens is 306 g/mol. The van der Waals surface area contributed by atoms with Gasteiger partial charge in [0, 0.05) is 19.6 Å². The van der Waals surface area contributed by atoms with Crippen molar-refractivity contribution in [1.82, 2.24) is 19.7 Å². The average molecular weight is 329 g/mol. The maximum absolute atomic E-state index is 11.5. The van der Waals surface area contributed by atoms with Crippen LogP contribution in [0.15, 0.2) is 24.3 Å². The van der Waals surface area contributed by atoms with Crippen LogP contribution < -0.4 is 5.73 Å². The zero-order chi connectivity index (χ0) is 17.1. The quantitative estimate of drug-likeness (QED) is 0.861. The second-order valence-electron chi connectivity index (χ2n) is 6.16. The minimum atomic E-state index is -0.303. The third kappa shape index (κ3) is 3.56. The maximum Gasteiger partial charge on any atom is 0.337 e. The van der Waals surface area contributed by atoms with Crippen LogP contribution in [0.4, 0.5) is 5.95 Å². The fourth-order valence-corrected chi connectivity index (χ4v) is 3.16. The van der Waals surface area contributed by atoms with Gasteiger partial charge in [-0.1, -0.05) is 12.1 Å². The molecule has 3 rings (SSSR count). The fourth-order valence-electron chi connectivity index (χ4n) is 3.16. The van der Waals surface area contributed by atoms with E-state index in [1.54, 1.807) is 0 Å². The lowest BCUT2D eigenvalue weighted by molar-refractivity contribution is 0.0600. The van der Waals surface area contributed by atoms with Crippen LogP contribution in [0.3, 0.4) is 0 Å². The number of hydrogen-bond acceptors (Lipinski definition) is 6. The molecule has 0 atom stereocenters. The maximum atomic E-state index is 11.5. The molecule has 0 spiro atoms. The Labute approximate surface area is 141 Å². The number of carbonyl (C=O) groups excluding carboxylic acids is 1. The molecule has 0 saturated carbocycles. The van der Waals surface area contributed by atoms with Gasteiger partial charge in [0.05, 0.1) is 18.7 Å². The van der Waals surface area contributed by atoms with Gasteiger partial charge < -0.3 is 10.5 Å². The van der Waals surface area contributed by atoms with Crippen LogP contribution in [0.25, 0.3) is 0 Å². The topological polar surface area (TPSA) is 86.3 Å². The Morgan fingerprint density at radius 3 is 2.50 bits per heavy atom. The molecular formula is C17H23N5O2. The van der Waals surface area contributed by atoms with Crippen molar-refractivity contribution < 1.29 is 9.53 Å². The van der Waals surface area contributed by atoms with Crippen molar-refractivity contribution in [3.63, 3.8) is 0 Å². The number of rotatable bonds is 4. The third-order valence-electron chi connectivity index (χ3n) is 4.45. The predicted octanol–water partition coefficient (Wildman–Crippen LogP) is 1.79. The summed E-state index contributed by atoms with van der Waals surface area (Å²) in [6.07, 6.45) is 2.01. The summed E-state index contributed by atoms with van der Waals surface area (Å²) in [6, 6.07) is 7.91. The van der Waals surface area contributed by atoms with Crippen molar-refractivity contribution in [2.24, 2.45) is 0 Å². The Hall–Kier alpha value is -2.41. The van der Waals surface area contributed by atoms with Gasteiger partial charge >= 0.3 is 5.97 Å². The van der Waals surface area contributed by atoms with Crippen LogP contribution in [0.1, 0.15) is 40.6 Å². The molecule has 7 nitrogen and oxygen atoms in total. The number of hydrogen-bond donors (Lipinski definition) is 1. The number of anilines is 1. The first-order chi connectivity index (χ1) is 11.6. The number of esters is 1. The number of methoxy groups -OCH3 is 1. The van der Waals surface area contributed by atoms with E-state index in [-0.39, 0.29) is 5.97 Å². The van der Waals surface area contributed by atoms with E-state index in [1.807, 2.05) is 35.9 Å². The summed E-state index contributed by atoms with van der Waals surface area (Å²) in [5.41, 5.74) is 7.69. The molecule has 1 aliphatic heterocycles. The van der Waals surface area contributed by atoms with Crippen molar-refractivity contribution >= 4 is 11.9 Å². The number of nitrogen functional groups attached to an aromatic ring is 1. The van der Waals surface area contributed by atoms with Crippen LogP contribution >= 0.6 is 0 Å². The molecule has 2 aromatic rings. The lowest BCUT2D eigenvalue weighted by atomic mass is 10.0. The zero-order valence-corrected chi connectivity index (χ0v) is 14.1. The van der Waals surface area contributed by atoms with E-state index in [2.05, 4.69) is 15.0 Å². The SMILES string of the molecule is COC(=O)c1ccc(CN2CCC(n3nc(C)nc3N)CC2)cc1. The molecule has 1 saturated heterocycles. The normalized spacial score (nSPS) is 16.2. The summed E-state index contributed by atoms with van der Waals surface area (Å²) < 4.78 is 6.58. The first-order valence-corrected chi connectivity index (χ1v) is 8.15. The molecule has 0 amide bonds. The van der Waals surface area contributed by atoms with E-state index in [0.717, 1.165) is 38.3 Å². The largest absolute Gasteiger partial charge is 0.465 e. The van der Waals surface area contributed by atoms with E-state index >= 15 is 0 Å². The predicted molar refractivity (Wildman–Crippen MR) is 90.5 cm³/mol. The molecule has 1 fully saturated rings. The molecule has 0 radical (unpaired) electrons. The second-order valence-corrected chi connectivity index (χ2v) is 6.16. The lowest BCUT2D eigenvalue weighted by Crippen LogP contribution is -2.34. The summed E-state index contributed by atoms with van der Waals surface area (Å²) in [5, 5.41) is 4.40. The highest BCUT2D eigenvalue weighted by molar-refractivity contribution is 5.89. The van der Waals surface area contributed by atoms with E-state index in [9.17, 15) is 4.79 Å². The number of aromatic nitrogens is 3. The van der Waals surface area contributed by atoms with Crippen LogP contribution in [0.5, 0.6) is 0 Å². The Morgan fingerprint density at radius 2 is 1.96 bits per heavy atom. The molecule has 1 aliphatic rings. The molecule has 0 unspecified atom stereocenters. The van der Waals surface area contributed by atoms with E-state index < -0.39 is 0 Å². The van der Waals surface area contributed by atoms with Gasteiger partial charge in [-0.15, -0.1) is 0 Å². The van der Waals surface area contributed by atoms with Crippen LogP contribution in [-0.4, -0.2) is 45.8 Å². The lowest BCUT2D eigenvalue weighted by Gasteiger charge is -2.32. The van der Waals surface area contributed by atoms with Crippen LogP contribution in [0.2, 0.25) is 0 Å². The van der Waals surface area contributed by atoms with Crippen molar-refractivity contribution in [1.29, 1.82) is 0 Å². The highest BCUT2D eigenvalue weighted by atomic mass is 16.5. The van der Waals surface area contributed by atoms with E-state index in [0.29, 0.717) is 17.6 Å². The van der Waals surface area contributed by atoms with Gasteiger partial charge in [-0.2, -0.15) is 10.1 Å². The minimum Gasteiger partial charge on any atom is -0.465 e. The molecule has 0 bridgehead atoms. The first kappa shape index (κ1) is 16.4. The van der Waals surface area contributed by atoms with Gasteiger partial charge in [0.25, 0.3) is 0 Å². The number of likely N-dealkylation sites (tertiary alicyclic amines) is 1. The van der Waals surface area contributed by atoms with Gasteiger partial charge in [0.2, 0.25) is 5.95 Å². The standard InChI is InChI=1S/C17H23N5O2/c1-12-19-17(18)22(20-12)15-7-9-21(10-8-15)11-13-3-5-14(6-4-13)16(23)24-2/h3-6,15H,7-11H2,1-2H3,(H2,18,19,20). The number of benzene rings is 1. The third-order valence-corrected chi connectivity index (χ3v) is 4.45. The summed E-state index contributed by atoms with van der Waals surface area (Å²) >= 11 is 0. The number of carbonyl (C=O) groups is 1. The molecule has 0 aliphatic carbocycles. The summed E-state index contributed by atoms with van der Waals surface area (Å²) in [6.45, 7) is 4.71. The summed E-state index contributed by atoms with van der Waals surface area (Å²) in [5.74, 6) is 0.924. The van der Waals surface area contributed by atoms with Gasteiger partial charge in [-0.3, -0.25) is 4.90 Å². The van der Waals surface area contributed by atoms with Gasteiger partial charge in [0.15, 0.2) is 0 Å². The number of aryl methyl sites for hydroxylation is 1. The first-order valence-electron chi connectivity index (χ1n) is 8.15. The van der Waals surface area contributed by atoms with E-state index in [4.69, 9.17) is 10.5 Å². The van der Waals surface area contributed by atoms with Gasteiger partial charge in [-0.25, -0.2) is 9.48 Å². The number of ether oxygens (including phenoxy) is 1. The van der Waals surface area contributed by atoms with E-state index in [1.165, 1.54) is 12.7 Å². The Morgan fingerprint density at radius 1 is 1.29 bits per heavy atom. The van der Waals surface area contributed by atoms with Crippen LogP contribution in [-0.2, 0) is 11.3 Å².